The van der Waals surface area contributed by atoms with Gasteiger partial charge in [-0.25, -0.2) is 0 Å². The second kappa shape index (κ2) is 7.96. The normalized spacial score (nSPS) is 11.9. The molecule has 0 aliphatic carbocycles. The number of nitrogens with one attached hydrogen (secondary N) is 1. The fourth-order valence-electron chi connectivity index (χ4n) is 2.10. The van der Waals surface area contributed by atoms with Crippen LogP contribution in [0.1, 0.15) is 23.6 Å². The number of aliphatic hydroxyl groups is 1. The van der Waals surface area contributed by atoms with Gasteiger partial charge >= 0.3 is 0 Å². The summed E-state index contributed by atoms with van der Waals surface area (Å²) >= 11 is 3.39. The first-order valence-corrected chi connectivity index (χ1v) is 7.68. The smallest absolute Gasteiger partial charge is 0.220 e. The lowest BCUT2D eigenvalue weighted by Gasteiger charge is -2.16. The van der Waals surface area contributed by atoms with Gasteiger partial charge in [0.25, 0.3) is 0 Å². The summed E-state index contributed by atoms with van der Waals surface area (Å²) in [6.07, 6.45) is 1.09. The Morgan fingerprint density at radius 1 is 1.10 bits per heavy atom. The van der Waals surface area contributed by atoms with Crippen molar-refractivity contribution in [1.82, 2.24) is 5.32 Å². The van der Waals surface area contributed by atoms with Crippen LogP contribution in [0.25, 0.3) is 0 Å². The van der Waals surface area contributed by atoms with Crippen LogP contribution in [0.4, 0.5) is 0 Å². The second-order valence-electron chi connectivity index (χ2n) is 4.84. The molecule has 0 bridgehead atoms. The van der Waals surface area contributed by atoms with Crippen LogP contribution in [0.15, 0.2) is 59.1 Å². The van der Waals surface area contributed by atoms with Crippen molar-refractivity contribution in [3.05, 3.63) is 70.2 Å². The molecule has 1 amide bonds. The summed E-state index contributed by atoms with van der Waals surface area (Å²) in [7, 11) is 0. The minimum atomic E-state index is -0.344. The number of halogens is 1. The molecule has 1 atom stereocenters. The lowest BCUT2D eigenvalue weighted by Crippen LogP contribution is -2.30. The average Bonchev–Trinajstić information content (AvgIpc) is 2.53. The Kier molecular flexibility index (Phi) is 5.96. The molecule has 3 nitrogen and oxygen atoms in total. The van der Waals surface area contributed by atoms with Crippen LogP contribution in [-0.4, -0.2) is 17.6 Å². The molecule has 1 unspecified atom stereocenters. The Morgan fingerprint density at radius 2 is 1.76 bits per heavy atom. The van der Waals surface area contributed by atoms with Gasteiger partial charge in [-0.2, -0.15) is 0 Å². The molecular formula is C17H18BrNO2. The standard InChI is InChI=1S/C17H18BrNO2/c18-15-9-6-13(7-10-15)8-11-17(21)19-16(12-20)14-4-2-1-3-5-14/h1-7,9-10,16,20H,8,11-12H2,(H,19,21). The van der Waals surface area contributed by atoms with Crippen LogP contribution in [0, 0.1) is 0 Å². The molecule has 2 rings (SSSR count). The Labute approximate surface area is 133 Å². The average molecular weight is 348 g/mol. The third-order valence-corrected chi connectivity index (χ3v) is 3.80. The molecule has 0 saturated carbocycles. The van der Waals surface area contributed by atoms with E-state index in [1.54, 1.807) is 0 Å². The summed E-state index contributed by atoms with van der Waals surface area (Å²) < 4.78 is 1.03. The van der Waals surface area contributed by atoms with Crippen LogP contribution in [0.5, 0.6) is 0 Å². The van der Waals surface area contributed by atoms with Gasteiger partial charge in [0, 0.05) is 10.9 Å². The molecule has 0 fully saturated rings. The molecule has 0 heterocycles. The van der Waals surface area contributed by atoms with Gasteiger partial charge in [-0.15, -0.1) is 0 Å². The minimum absolute atomic E-state index is 0.0548. The molecule has 2 aromatic carbocycles. The second-order valence-corrected chi connectivity index (χ2v) is 5.76. The first kappa shape index (κ1) is 15.7. The van der Waals surface area contributed by atoms with Crippen molar-refractivity contribution < 1.29 is 9.90 Å². The highest BCUT2D eigenvalue weighted by Crippen LogP contribution is 2.14. The van der Waals surface area contributed by atoms with Gasteiger partial charge < -0.3 is 10.4 Å². The zero-order valence-corrected chi connectivity index (χ0v) is 13.2. The maximum Gasteiger partial charge on any atom is 0.220 e. The van der Waals surface area contributed by atoms with E-state index in [0.717, 1.165) is 15.6 Å². The number of amides is 1. The summed E-state index contributed by atoms with van der Waals surface area (Å²) in [5, 5.41) is 12.3. The van der Waals surface area contributed by atoms with E-state index in [-0.39, 0.29) is 18.6 Å². The summed E-state index contributed by atoms with van der Waals surface area (Å²) in [6, 6.07) is 17.1. The molecule has 0 aliphatic rings. The van der Waals surface area contributed by atoms with Crippen LogP contribution in [0.2, 0.25) is 0 Å². The number of hydrogen-bond donors (Lipinski definition) is 2. The van der Waals surface area contributed by atoms with E-state index in [1.807, 2.05) is 54.6 Å². The van der Waals surface area contributed by atoms with Crippen molar-refractivity contribution in [2.75, 3.05) is 6.61 Å². The van der Waals surface area contributed by atoms with Crippen LogP contribution < -0.4 is 5.32 Å². The van der Waals surface area contributed by atoms with Crippen molar-refractivity contribution in [1.29, 1.82) is 0 Å². The van der Waals surface area contributed by atoms with Crippen molar-refractivity contribution in [3.63, 3.8) is 0 Å². The lowest BCUT2D eigenvalue weighted by atomic mass is 10.1. The van der Waals surface area contributed by atoms with Crippen molar-refractivity contribution >= 4 is 21.8 Å². The number of hydrogen-bond acceptors (Lipinski definition) is 2. The minimum Gasteiger partial charge on any atom is -0.394 e. The number of aryl methyl sites for hydroxylation is 1. The molecule has 2 N–H and O–H groups in total. The van der Waals surface area contributed by atoms with E-state index in [1.165, 1.54) is 0 Å². The molecule has 2 aromatic rings. The van der Waals surface area contributed by atoms with Gasteiger partial charge in [-0.1, -0.05) is 58.4 Å². The largest absolute Gasteiger partial charge is 0.394 e. The summed E-state index contributed by atoms with van der Waals surface area (Å²) in [6.45, 7) is -0.103. The van der Waals surface area contributed by atoms with E-state index in [2.05, 4.69) is 21.2 Å². The van der Waals surface area contributed by atoms with E-state index in [4.69, 9.17) is 0 Å². The molecule has 110 valence electrons. The molecule has 0 saturated heterocycles. The van der Waals surface area contributed by atoms with E-state index >= 15 is 0 Å². The Morgan fingerprint density at radius 3 is 2.38 bits per heavy atom. The summed E-state index contributed by atoms with van der Waals surface area (Å²) in [5.41, 5.74) is 2.03. The van der Waals surface area contributed by atoms with E-state index in [0.29, 0.717) is 12.8 Å². The number of rotatable bonds is 6. The van der Waals surface area contributed by atoms with Crippen molar-refractivity contribution in [3.8, 4) is 0 Å². The van der Waals surface area contributed by atoms with Gasteiger partial charge in [0.05, 0.1) is 12.6 Å². The third kappa shape index (κ3) is 4.99. The highest BCUT2D eigenvalue weighted by molar-refractivity contribution is 9.10. The van der Waals surface area contributed by atoms with Gasteiger partial charge in [0.2, 0.25) is 5.91 Å². The highest BCUT2D eigenvalue weighted by atomic mass is 79.9. The summed E-state index contributed by atoms with van der Waals surface area (Å²) in [4.78, 5) is 12.0. The zero-order chi connectivity index (χ0) is 15.1. The maximum absolute atomic E-state index is 12.0. The fourth-order valence-corrected chi connectivity index (χ4v) is 2.36. The predicted molar refractivity (Wildman–Crippen MR) is 86.9 cm³/mol. The molecule has 0 aliphatic heterocycles. The molecule has 0 radical (unpaired) electrons. The van der Waals surface area contributed by atoms with Gasteiger partial charge in [-0.3, -0.25) is 4.79 Å². The van der Waals surface area contributed by atoms with Crippen LogP contribution in [-0.2, 0) is 11.2 Å². The number of benzene rings is 2. The van der Waals surface area contributed by atoms with Gasteiger partial charge in [0.15, 0.2) is 0 Å². The lowest BCUT2D eigenvalue weighted by molar-refractivity contribution is -0.122. The maximum atomic E-state index is 12.0. The first-order valence-electron chi connectivity index (χ1n) is 6.88. The van der Waals surface area contributed by atoms with Crippen LogP contribution in [0.3, 0.4) is 0 Å². The van der Waals surface area contributed by atoms with E-state index < -0.39 is 0 Å². The van der Waals surface area contributed by atoms with Crippen molar-refractivity contribution in [2.24, 2.45) is 0 Å². The zero-order valence-electron chi connectivity index (χ0n) is 11.6. The number of aliphatic hydroxyl groups excluding tert-OH is 1. The van der Waals surface area contributed by atoms with Gasteiger partial charge in [-0.05, 0) is 29.7 Å². The van der Waals surface area contributed by atoms with Crippen LogP contribution >= 0.6 is 15.9 Å². The Bertz CT molecular complexity index is 569. The highest BCUT2D eigenvalue weighted by Gasteiger charge is 2.13. The van der Waals surface area contributed by atoms with E-state index in [9.17, 15) is 9.90 Å². The Balaban J connectivity index is 1.87. The topological polar surface area (TPSA) is 49.3 Å². The molecule has 0 aromatic heterocycles. The third-order valence-electron chi connectivity index (χ3n) is 3.27. The number of carbonyl (C=O) groups is 1. The molecular weight excluding hydrogens is 330 g/mol. The Hall–Kier alpha value is -1.65. The molecule has 0 spiro atoms. The van der Waals surface area contributed by atoms with Crippen molar-refractivity contribution in [2.45, 2.75) is 18.9 Å². The molecule has 21 heavy (non-hydrogen) atoms. The SMILES string of the molecule is O=C(CCc1ccc(Br)cc1)NC(CO)c1ccccc1. The van der Waals surface area contributed by atoms with Gasteiger partial charge in [0.1, 0.15) is 0 Å². The fraction of sp³-hybridized carbons (Fsp3) is 0.235. The summed E-state index contributed by atoms with van der Waals surface area (Å²) in [5.74, 6) is -0.0548. The number of carbonyl (C=O) groups excluding carboxylic acids is 1. The predicted octanol–water partition coefficient (Wildman–Crippen LogP) is 3.23. The molecule has 4 heteroatoms. The monoisotopic (exact) mass is 347 g/mol. The first-order chi connectivity index (χ1) is 10.2. The quantitative estimate of drug-likeness (QED) is 0.842.